The number of hydrogen-bond donors (Lipinski definition) is 1. The van der Waals surface area contributed by atoms with Crippen LogP contribution in [-0.2, 0) is 6.61 Å². The van der Waals surface area contributed by atoms with Gasteiger partial charge in [-0.2, -0.15) is 0 Å². The zero-order valence-corrected chi connectivity index (χ0v) is 12.2. The molecule has 2 aromatic carbocycles. The van der Waals surface area contributed by atoms with Crippen LogP contribution in [0.25, 0.3) is 0 Å². The highest BCUT2D eigenvalue weighted by Gasteiger charge is 2.10. The third-order valence-corrected chi connectivity index (χ3v) is 3.41. The highest BCUT2D eigenvalue weighted by atomic mass is 35.5. The Hall–Kier alpha value is -1.58. The van der Waals surface area contributed by atoms with Gasteiger partial charge in [0.1, 0.15) is 18.2 Å². The van der Waals surface area contributed by atoms with Crippen LogP contribution < -0.4 is 10.5 Å². The van der Waals surface area contributed by atoms with Crippen molar-refractivity contribution < 1.29 is 9.13 Å². The first-order chi connectivity index (χ1) is 9.47. The summed E-state index contributed by atoms with van der Waals surface area (Å²) in [6, 6.07) is 10.0. The molecule has 0 heterocycles. The SMILES string of the molecule is Cc1ccc(OCc2ccc(F)cc2Cl)c([C@@H](C)N)c1. The average Bonchev–Trinajstić information content (AvgIpc) is 2.38. The lowest BCUT2D eigenvalue weighted by Gasteiger charge is -2.15. The van der Waals surface area contributed by atoms with Crippen molar-refractivity contribution in [2.75, 3.05) is 0 Å². The fourth-order valence-electron chi connectivity index (χ4n) is 1.95. The van der Waals surface area contributed by atoms with Crippen LogP contribution in [-0.4, -0.2) is 0 Å². The minimum absolute atomic E-state index is 0.117. The first kappa shape index (κ1) is 14.8. The molecule has 0 amide bonds. The van der Waals surface area contributed by atoms with Crippen molar-refractivity contribution in [3.63, 3.8) is 0 Å². The van der Waals surface area contributed by atoms with Crippen molar-refractivity contribution in [1.29, 1.82) is 0 Å². The molecule has 0 spiro atoms. The molecule has 0 aliphatic carbocycles. The van der Waals surface area contributed by atoms with Gasteiger partial charge < -0.3 is 10.5 Å². The van der Waals surface area contributed by atoms with E-state index in [9.17, 15) is 4.39 Å². The highest BCUT2D eigenvalue weighted by molar-refractivity contribution is 6.31. The lowest BCUT2D eigenvalue weighted by molar-refractivity contribution is 0.301. The Morgan fingerprint density at radius 2 is 2.00 bits per heavy atom. The van der Waals surface area contributed by atoms with Gasteiger partial charge >= 0.3 is 0 Å². The number of halogens is 2. The summed E-state index contributed by atoms with van der Waals surface area (Å²) in [6.45, 7) is 4.20. The first-order valence-electron chi connectivity index (χ1n) is 6.40. The van der Waals surface area contributed by atoms with Crippen molar-refractivity contribution in [3.05, 3.63) is 63.9 Å². The maximum atomic E-state index is 13.0. The third kappa shape index (κ3) is 3.50. The average molecular weight is 294 g/mol. The zero-order chi connectivity index (χ0) is 14.7. The molecule has 2 N–H and O–H groups in total. The van der Waals surface area contributed by atoms with Gasteiger partial charge in [-0.3, -0.25) is 0 Å². The number of hydrogen-bond acceptors (Lipinski definition) is 2. The Balaban J connectivity index is 2.18. The van der Waals surface area contributed by atoms with Crippen molar-refractivity contribution in [2.24, 2.45) is 5.73 Å². The Labute approximate surface area is 123 Å². The smallest absolute Gasteiger partial charge is 0.124 e. The predicted molar refractivity (Wildman–Crippen MR) is 79.5 cm³/mol. The van der Waals surface area contributed by atoms with Gasteiger partial charge in [0, 0.05) is 17.2 Å². The summed E-state index contributed by atoms with van der Waals surface area (Å²) in [5.41, 5.74) is 8.76. The molecule has 0 aliphatic heterocycles. The van der Waals surface area contributed by atoms with Gasteiger partial charge in [-0.25, -0.2) is 4.39 Å². The summed E-state index contributed by atoms with van der Waals surface area (Å²) in [4.78, 5) is 0. The summed E-state index contributed by atoms with van der Waals surface area (Å²) in [7, 11) is 0. The summed E-state index contributed by atoms with van der Waals surface area (Å²) in [5, 5.41) is 0.361. The monoisotopic (exact) mass is 293 g/mol. The number of nitrogens with two attached hydrogens (primary N) is 1. The van der Waals surface area contributed by atoms with E-state index in [1.54, 1.807) is 6.07 Å². The summed E-state index contributed by atoms with van der Waals surface area (Å²) in [6.07, 6.45) is 0. The number of rotatable bonds is 4. The van der Waals surface area contributed by atoms with Crippen LogP contribution in [0.5, 0.6) is 5.75 Å². The van der Waals surface area contributed by atoms with Gasteiger partial charge in [-0.05, 0) is 32.0 Å². The van der Waals surface area contributed by atoms with E-state index in [0.29, 0.717) is 5.02 Å². The molecule has 2 nitrogen and oxygen atoms in total. The molecule has 0 saturated carbocycles. The first-order valence-corrected chi connectivity index (χ1v) is 6.78. The molecule has 0 saturated heterocycles. The Bertz CT molecular complexity index is 613. The van der Waals surface area contributed by atoms with E-state index < -0.39 is 0 Å². The van der Waals surface area contributed by atoms with Crippen LogP contribution in [0.15, 0.2) is 36.4 Å². The van der Waals surface area contributed by atoms with Crippen LogP contribution in [0, 0.1) is 12.7 Å². The summed E-state index contributed by atoms with van der Waals surface area (Å²) < 4.78 is 18.8. The second kappa shape index (κ2) is 6.25. The summed E-state index contributed by atoms with van der Waals surface area (Å²) >= 11 is 5.98. The number of benzene rings is 2. The highest BCUT2D eigenvalue weighted by Crippen LogP contribution is 2.27. The molecule has 20 heavy (non-hydrogen) atoms. The van der Waals surface area contributed by atoms with E-state index in [0.717, 1.165) is 22.4 Å². The molecular formula is C16H17ClFNO. The molecule has 4 heteroatoms. The normalized spacial score (nSPS) is 12.2. The second-order valence-electron chi connectivity index (χ2n) is 4.85. The van der Waals surface area contributed by atoms with Gasteiger partial charge in [0.05, 0.1) is 5.02 Å². The zero-order valence-electron chi connectivity index (χ0n) is 11.5. The molecule has 106 valence electrons. The van der Waals surface area contributed by atoms with Crippen molar-refractivity contribution in [3.8, 4) is 5.75 Å². The van der Waals surface area contributed by atoms with Crippen LogP contribution in [0.2, 0.25) is 5.02 Å². The Kier molecular flexibility index (Phi) is 4.63. The fraction of sp³-hybridized carbons (Fsp3) is 0.250. The van der Waals surface area contributed by atoms with Gasteiger partial charge in [0.15, 0.2) is 0 Å². The largest absolute Gasteiger partial charge is 0.489 e. The standard InChI is InChI=1S/C16H17ClFNO/c1-10-3-6-16(14(7-10)11(2)19)20-9-12-4-5-13(18)8-15(12)17/h3-8,11H,9,19H2,1-2H3/t11-/m1/s1. The van der Waals surface area contributed by atoms with Gasteiger partial charge in [0.25, 0.3) is 0 Å². The topological polar surface area (TPSA) is 35.2 Å². The molecule has 0 fully saturated rings. The fourth-order valence-corrected chi connectivity index (χ4v) is 2.17. The molecule has 2 aromatic rings. The van der Waals surface area contributed by atoms with Crippen LogP contribution in [0.1, 0.15) is 29.7 Å². The lowest BCUT2D eigenvalue weighted by atomic mass is 10.1. The number of ether oxygens (including phenoxy) is 1. The summed E-state index contributed by atoms with van der Waals surface area (Å²) in [5.74, 6) is 0.372. The molecule has 2 rings (SSSR count). The van der Waals surface area contributed by atoms with Crippen molar-refractivity contribution >= 4 is 11.6 Å². The molecule has 0 radical (unpaired) electrons. The minimum atomic E-state index is -0.356. The Morgan fingerprint density at radius 3 is 2.65 bits per heavy atom. The molecule has 0 bridgehead atoms. The third-order valence-electron chi connectivity index (χ3n) is 3.05. The predicted octanol–water partition coefficient (Wildman–Crippen LogP) is 4.39. The maximum absolute atomic E-state index is 13.0. The van der Waals surface area contributed by atoms with E-state index >= 15 is 0 Å². The van der Waals surface area contributed by atoms with E-state index in [1.807, 2.05) is 32.0 Å². The van der Waals surface area contributed by atoms with Crippen molar-refractivity contribution in [2.45, 2.75) is 26.5 Å². The number of aryl methyl sites for hydroxylation is 1. The van der Waals surface area contributed by atoms with E-state index in [4.69, 9.17) is 22.1 Å². The van der Waals surface area contributed by atoms with Gasteiger partial charge in [-0.1, -0.05) is 35.4 Å². The molecular weight excluding hydrogens is 277 g/mol. The van der Waals surface area contributed by atoms with Gasteiger partial charge in [-0.15, -0.1) is 0 Å². The van der Waals surface area contributed by atoms with Crippen LogP contribution >= 0.6 is 11.6 Å². The quantitative estimate of drug-likeness (QED) is 0.907. The molecule has 1 atom stereocenters. The molecule has 0 aromatic heterocycles. The van der Waals surface area contributed by atoms with E-state index in [2.05, 4.69) is 0 Å². The molecule has 0 unspecified atom stereocenters. The lowest BCUT2D eigenvalue weighted by Crippen LogP contribution is -2.08. The van der Waals surface area contributed by atoms with E-state index in [-0.39, 0.29) is 18.5 Å². The van der Waals surface area contributed by atoms with Crippen LogP contribution in [0.4, 0.5) is 4.39 Å². The minimum Gasteiger partial charge on any atom is -0.489 e. The van der Waals surface area contributed by atoms with Crippen molar-refractivity contribution in [1.82, 2.24) is 0 Å². The second-order valence-corrected chi connectivity index (χ2v) is 5.26. The van der Waals surface area contributed by atoms with E-state index in [1.165, 1.54) is 12.1 Å². The van der Waals surface area contributed by atoms with Crippen LogP contribution in [0.3, 0.4) is 0 Å². The van der Waals surface area contributed by atoms with Gasteiger partial charge in [0.2, 0.25) is 0 Å². The maximum Gasteiger partial charge on any atom is 0.124 e. The Morgan fingerprint density at radius 1 is 1.25 bits per heavy atom. The molecule has 0 aliphatic rings.